The van der Waals surface area contributed by atoms with Gasteiger partial charge in [0, 0.05) is 32.8 Å². The van der Waals surface area contributed by atoms with E-state index in [4.69, 9.17) is 19.9 Å². The number of hydrogen-bond donors (Lipinski definition) is 2. The SMILES string of the molecule is COC(OC)C(C)(O)C1(CN)CCOC1. The van der Waals surface area contributed by atoms with Crippen molar-refractivity contribution in [2.45, 2.75) is 25.2 Å². The lowest BCUT2D eigenvalue weighted by Crippen LogP contribution is -2.59. The molecule has 1 rings (SSSR count). The van der Waals surface area contributed by atoms with Gasteiger partial charge in [-0.15, -0.1) is 0 Å². The lowest BCUT2D eigenvalue weighted by atomic mass is 9.71. The molecule has 2 atom stereocenters. The molecule has 0 saturated carbocycles. The minimum Gasteiger partial charge on any atom is -0.384 e. The molecular formula is C10H21NO4. The summed E-state index contributed by atoms with van der Waals surface area (Å²) < 4.78 is 15.6. The first-order valence-corrected chi connectivity index (χ1v) is 5.10. The number of rotatable bonds is 5. The zero-order valence-electron chi connectivity index (χ0n) is 9.66. The van der Waals surface area contributed by atoms with Crippen molar-refractivity contribution in [2.75, 3.05) is 34.0 Å². The molecule has 5 nitrogen and oxygen atoms in total. The number of ether oxygens (including phenoxy) is 3. The lowest BCUT2D eigenvalue weighted by molar-refractivity contribution is -0.249. The molecular weight excluding hydrogens is 198 g/mol. The molecule has 0 aliphatic carbocycles. The van der Waals surface area contributed by atoms with Gasteiger partial charge in [-0.25, -0.2) is 0 Å². The maximum absolute atomic E-state index is 10.5. The van der Waals surface area contributed by atoms with Crippen molar-refractivity contribution < 1.29 is 19.3 Å². The highest BCUT2D eigenvalue weighted by Crippen LogP contribution is 2.41. The first-order chi connectivity index (χ1) is 7.04. The van der Waals surface area contributed by atoms with Gasteiger partial charge in [-0.1, -0.05) is 0 Å². The summed E-state index contributed by atoms with van der Waals surface area (Å²) >= 11 is 0. The fourth-order valence-corrected chi connectivity index (χ4v) is 2.18. The van der Waals surface area contributed by atoms with E-state index in [1.54, 1.807) is 6.92 Å². The zero-order valence-corrected chi connectivity index (χ0v) is 9.66. The molecule has 0 bridgehead atoms. The third-order valence-electron chi connectivity index (χ3n) is 3.45. The Morgan fingerprint density at radius 2 is 2.13 bits per heavy atom. The van der Waals surface area contributed by atoms with E-state index < -0.39 is 17.3 Å². The minimum absolute atomic E-state index is 0.350. The van der Waals surface area contributed by atoms with Crippen LogP contribution in [0.3, 0.4) is 0 Å². The molecule has 1 aliphatic rings. The van der Waals surface area contributed by atoms with E-state index in [9.17, 15) is 5.11 Å². The van der Waals surface area contributed by atoms with Crippen molar-refractivity contribution >= 4 is 0 Å². The lowest BCUT2D eigenvalue weighted by Gasteiger charge is -2.44. The van der Waals surface area contributed by atoms with Crippen LogP contribution in [0.2, 0.25) is 0 Å². The first-order valence-electron chi connectivity index (χ1n) is 5.10. The number of aliphatic hydroxyl groups is 1. The Labute approximate surface area is 90.5 Å². The highest BCUT2D eigenvalue weighted by atomic mass is 16.7. The highest BCUT2D eigenvalue weighted by Gasteiger charge is 2.53. The standard InChI is InChI=1S/C10H21NO4/c1-9(12,8(13-2)14-3)10(6-11)4-5-15-7-10/h8,12H,4-7,11H2,1-3H3. The van der Waals surface area contributed by atoms with E-state index in [-0.39, 0.29) is 0 Å². The highest BCUT2D eigenvalue weighted by molar-refractivity contribution is 5.01. The summed E-state index contributed by atoms with van der Waals surface area (Å²) in [5.74, 6) is 0. The minimum atomic E-state index is -1.15. The van der Waals surface area contributed by atoms with Crippen LogP contribution in [0.25, 0.3) is 0 Å². The van der Waals surface area contributed by atoms with E-state index >= 15 is 0 Å². The van der Waals surface area contributed by atoms with Crippen LogP contribution in [0.15, 0.2) is 0 Å². The molecule has 3 N–H and O–H groups in total. The first kappa shape index (κ1) is 12.9. The quantitative estimate of drug-likeness (QED) is 0.622. The molecule has 2 unspecified atom stereocenters. The fraction of sp³-hybridized carbons (Fsp3) is 1.00. The van der Waals surface area contributed by atoms with Crippen molar-refractivity contribution in [3.8, 4) is 0 Å². The maximum atomic E-state index is 10.5. The Kier molecular flexibility index (Phi) is 4.08. The molecule has 0 radical (unpaired) electrons. The predicted molar refractivity (Wildman–Crippen MR) is 55.4 cm³/mol. The summed E-state index contributed by atoms with van der Waals surface area (Å²) in [5.41, 5.74) is 4.12. The topological polar surface area (TPSA) is 73.9 Å². The molecule has 5 heteroatoms. The van der Waals surface area contributed by atoms with Gasteiger partial charge >= 0.3 is 0 Å². The zero-order chi connectivity index (χ0) is 11.5. The second-order valence-corrected chi connectivity index (χ2v) is 4.24. The Hall–Kier alpha value is -0.200. The average Bonchev–Trinajstić information content (AvgIpc) is 2.68. The Bertz CT molecular complexity index is 198. The van der Waals surface area contributed by atoms with Crippen LogP contribution in [0.5, 0.6) is 0 Å². The van der Waals surface area contributed by atoms with E-state index in [0.29, 0.717) is 19.8 Å². The number of hydrogen-bond acceptors (Lipinski definition) is 5. The normalized spacial score (nSPS) is 30.8. The van der Waals surface area contributed by atoms with Crippen molar-refractivity contribution in [3.63, 3.8) is 0 Å². The van der Waals surface area contributed by atoms with Crippen molar-refractivity contribution in [3.05, 3.63) is 0 Å². The van der Waals surface area contributed by atoms with Crippen LogP contribution >= 0.6 is 0 Å². The van der Waals surface area contributed by atoms with Crippen LogP contribution in [0.1, 0.15) is 13.3 Å². The molecule has 0 spiro atoms. The molecule has 1 fully saturated rings. The van der Waals surface area contributed by atoms with Gasteiger partial charge in [0.2, 0.25) is 0 Å². The van der Waals surface area contributed by atoms with Crippen molar-refractivity contribution in [1.29, 1.82) is 0 Å². The maximum Gasteiger partial charge on any atom is 0.186 e. The van der Waals surface area contributed by atoms with Gasteiger partial charge in [0.25, 0.3) is 0 Å². The second kappa shape index (κ2) is 4.76. The molecule has 1 aliphatic heterocycles. The molecule has 1 saturated heterocycles. The van der Waals surface area contributed by atoms with E-state index in [1.807, 2.05) is 0 Å². The van der Waals surface area contributed by atoms with Crippen LogP contribution in [-0.2, 0) is 14.2 Å². The third kappa shape index (κ3) is 2.03. The summed E-state index contributed by atoms with van der Waals surface area (Å²) in [6, 6.07) is 0. The van der Waals surface area contributed by atoms with Gasteiger partial charge in [-0.3, -0.25) is 0 Å². The monoisotopic (exact) mass is 219 g/mol. The Morgan fingerprint density at radius 3 is 2.47 bits per heavy atom. The predicted octanol–water partition coefficient (Wildman–Crippen LogP) is -0.278. The van der Waals surface area contributed by atoms with Crippen molar-refractivity contribution in [1.82, 2.24) is 0 Å². The molecule has 15 heavy (non-hydrogen) atoms. The molecule has 0 aromatic carbocycles. The van der Waals surface area contributed by atoms with Gasteiger partial charge in [0.1, 0.15) is 5.60 Å². The largest absolute Gasteiger partial charge is 0.384 e. The summed E-state index contributed by atoms with van der Waals surface area (Å²) in [5, 5.41) is 10.5. The number of nitrogens with two attached hydrogens (primary N) is 1. The fourth-order valence-electron chi connectivity index (χ4n) is 2.18. The summed E-state index contributed by atoms with van der Waals surface area (Å²) in [4.78, 5) is 0. The second-order valence-electron chi connectivity index (χ2n) is 4.24. The van der Waals surface area contributed by atoms with Crippen LogP contribution in [0, 0.1) is 5.41 Å². The third-order valence-corrected chi connectivity index (χ3v) is 3.45. The van der Waals surface area contributed by atoms with Gasteiger partial charge in [0.05, 0.1) is 6.61 Å². The molecule has 90 valence electrons. The van der Waals surface area contributed by atoms with Gasteiger partial charge in [0.15, 0.2) is 6.29 Å². The summed E-state index contributed by atoms with van der Waals surface area (Å²) in [6.45, 7) is 3.10. The van der Waals surface area contributed by atoms with E-state index in [1.165, 1.54) is 14.2 Å². The Morgan fingerprint density at radius 1 is 1.53 bits per heavy atom. The number of methoxy groups -OCH3 is 2. The van der Waals surface area contributed by atoms with Gasteiger partial charge in [-0.2, -0.15) is 0 Å². The summed E-state index contributed by atoms with van der Waals surface area (Å²) in [7, 11) is 3.01. The molecule has 0 aromatic heterocycles. The molecule has 0 aromatic rings. The van der Waals surface area contributed by atoms with E-state index in [2.05, 4.69) is 0 Å². The Balaban J connectivity index is 2.89. The summed E-state index contributed by atoms with van der Waals surface area (Å²) in [6.07, 6.45) is 0.0300. The smallest absolute Gasteiger partial charge is 0.186 e. The van der Waals surface area contributed by atoms with Crippen molar-refractivity contribution in [2.24, 2.45) is 11.1 Å². The van der Waals surface area contributed by atoms with Crippen LogP contribution in [0.4, 0.5) is 0 Å². The van der Waals surface area contributed by atoms with Gasteiger partial charge < -0.3 is 25.1 Å². The molecule has 1 heterocycles. The van der Waals surface area contributed by atoms with E-state index in [0.717, 1.165) is 6.42 Å². The van der Waals surface area contributed by atoms with Gasteiger partial charge in [-0.05, 0) is 13.3 Å². The average molecular weight is 219 g/mol. The molecule has 0 amide bonds. The van der Waals surface area contributed by atoms with Crippen LogP contribution in [-0.4, -0.2) is 51.0 Å². The van der Waals surface area contributed by atoms with Crippen LogP contribution < -0.4 is 5.73 Å².